The van der Waals surface area contributed by atoms with Gasteiger partial charge in [-0.2, -0.15) is 18.4 Å². The number of halogens is 3. The smallest absolute Gasteiger partial charge is 0.269 e. The highest BCUT2D eigenvalue weighted by atomic mass is 19.4. The van der Waals surface area contributed by atoms with Crippen LogP contribution in [0.3, 0.4) is 0 Å². The second-order valence-electron chi connectivity index (χ2n) is 4.09. The van der Waals surface area contributed by atoms with Crippen LogP contribution in [0.15, 0.2) is 24.3 Å². The minimum atomic E-state index is -4.75. The van der Waals surface area contributed by atoms with Crippen molar-refractivity contribution in [3.8, 4) is 6.07 Å². The van der Waals surface area contributed by atoms with Gasteiger partial charge < -0.3 is 0 Å². The quantitative estimate of drug-likeness (QED) is 0.742. The molecule has 20 heavy (non-hydrogen) atoms. The predicted molar refractivity (Wildman–Crippen MR) is 62.5 cm³/mol. The Balaban J connectivity index is 2.67. The molecule has 2 rings (SSSR count). The topological polar surface area (TPSA) is 61.2 Å². The molecule has 1 aromatic carbocycles. The second-order valence-corrected chi connectivity index (χ2v) is 4.09. The molecule has 0 aliphatic carbocycles. The lowest BCUT2D eigenvalue weighted by Gasteiger charge is -2.20. The third-order valence-corrected chi connectivity index (χ3v) is 2.89. The van der Waals surface area contributed by atoms with Crippen molar-refractivity contribution in [2.24, 2.45) is 0 Å². The van der Waals surface area contributed by atoms with Gasteiger partial charge in [0.15, 0.2) is 0 Å². The Morgan fingerprint density at radius 1 is 1.15 bits per heavy atom. The molecule has 1 aliphatic rings. The van der Waals surface area contributed by atoms with E-state index in [2.05, 4.69) is 0 Å². The third-order valence-electron chi connectivity index (χ3n) is 2.89. The number of nitrogens with zero attached hydrogens (tertiary/aromatic N) is 2. The summed E-state index contributed by atoms with van der Waals surface area (Å²) in [4.78, 5) is 23.7. The van der Waals surface area contributed by atoms with Crippen LogP contribution < -0.4 is 4.90 Å². The molecule has 0 radical (unpaired) electrons. The van der Waals surface area contributed by atoms with Gasteiger partial charge in [0.25, 0.3) is 11.8 Å². The van der Waals surface area contributed by atoms with Crippen LogP contribution in [0.2, 0.25) is 0 Å². The van der Waals surface area contributed by atoms with E-state index in [1.807, 2.05) is 0 Å². The van der Waals surface area contributed by atoms with Crippen molar-refractivity contribution in [2.45, 2.75) is 13.1 Å². The molecule has 2 amide bonds. The van der Waals surface area contributed by atoms with Gasteiger partial charge >= 0.3 is 6.18 Å². The number of rotatable bonds is 1. The van der Waals surface area contributed by atoms with Crippen molar-refractivity contribution in [1.29, 1.82) is 5.26 Å². The van der Waals surface area contributed by atoms with Gasteiger partial charge in [-0.1, -0.05) is 0 Å². The minimum Gasteiger partial charge on any atom is -0.269 e. The summed E-state index contributed by atoms with van der Waals surface area (Å²) >= 11 is 0. The monoisotopic (exact) mass is 280 g/mol. The normalized spacial score (nSPS) is 14.8. The molecule has 4 nitrogen and oxygen atoms in total. The fourth-order valence-electron chi connectivity index (χ4n) is 2.04. The zero-order chi connectivity index (χ0) is 15.1. The number of hydrogen-bond acceptors (Lipinski definition) is 3. The summed E-state index contributed by atoms with van der Waals surface area (Å²) in [6, 6.07) is 3.57. The zero-order valence-corrected chi connectivity index (χ0v) is 10.2. The summed E-state index contributed by atoms with van der Waals surface area (Å²) in [5.41, 5.74) is -2.19. The van der Waals surface area contributed by atoms with E-state index in [9.17, 15) is 22.8 Å². The average molecular weight is 280 g/mol. The van der Waals surface area contributed by atoms with E-state index in [-0.39, 0.29) is 11.3 Å². The Hall–Kier alpha value is -2.62. The maximum Gasteiger partial charge on any atom is 0.418 e. The number of imide groups is 1. The fraction of sp³-hybridized carbons (Fsp3) is 0.154. The van der Waals surface area contributed by atoms with Crippen LogP contribution >= 0.6 is 0 Å². The summed E-state index contributed by atoms with van der Waals surface area (Å²) in [7, 11) is 0. The summed E-state index contributed by atoms with van der Waals surface area (Å²) in [6.45, 7) is 1.12. The van der Waals surface area contributed by atoms with Crippen molar-refractivity contribution >= 4 is 17.5 Å². The number of benzene rings is 1. The Kier molecular flexibility index (Phi) is 3.10. The van der Waals surface area contributed by atoms with E-state index < -0.39 is 29.1 Å². The van der Waals surface area contributed by atoms with Crippen molar-refractivity contribution in [3.63, 3.8) is 0 Å². The maximum absolute atomic E-state index is 13.0. The Morgan fingerprint density at radius 2 is 1.70 bits per heavy atom. The summed E-state index contributed by atoms with van der Waals surface area (Å²) < 4.78 is 39.0. The fourth-order valence-corrected chi connectivity index (χ4v) is 2.04. The average Bonchev–Trinajstić information content (AvgIpc) is 2.67. The van der Waals surface area contributed by atoms with Crippen LogP contribution in [0.5, 0.6) is 0 Å². The van der Waals surface area contributed by atoms with Crippen LogP contribution in [-0.4, -0.2) is 11.8 Å². The van der Waals surface area contributed by atoms with Gasteiger partial charge in [-0.3, -0.25) is 9.59 Å². The highest BCUT2D eigenvalue weighted by Crippen LogP contribution is 2.38. The molecular weight excluding hydrogens is 273 g/mol. The first-order valence-corrected chi connectivity index (χ1v) is 5.44. The van der Waals surface area contributed by atoms with Crippen molar-refractivity contribution in [3.05, 3.63) is 41.0 Å². The van der Waals surface area contributed by atoms with E-state index in [1.165, 1.54) is 6.07 Å². The summed E-state index contributed by atoms with van der Waals surface area (Å²) in [5, 5.41) is 8.76. The van der Waals surface area contributed by atoms with Crippen LogP contribution in [-0.2, 0) is 15.8 Å². The van der Waals surface area contributed by atoms with Gasteiger partial charge in [0.2, 0.25) is 0 Å². The first-order chi connectivity index (χ1) is 9.27. The van der Waals surface area contributed by atoms with Gasteiger partial charge in [0, 0.05) is 12.2 Å². The van der Waals surface area contributed by atoms with E-state index in [4.69, 9.17) is 5.26 Å². The van der Waals surface area contributed by atoms with Crippen LogP contribution in [0.1, 0.15) is 16.7 Å². The third kappa shape index (κ3) is 2.05. The van der Waals surface area contributed by atoms with Crippen LogP contribution in [0.25, 0.3) is 0 Å². The number of amides is 2. The number of nitriles is 1. The molecule has 0 saturated heterocycles. The Labute approximate surface area is 111 Å². The molecule has 0 fully saturated rings. The molecular formula is C13H7F3N2O2. The zero-order valence-electron chi connectivity index (χ0n) is 10.2. The second kappa shape index (κ2) is 4.49. The van der Waals surface area contributed by atoms with Crippen LogP contribution in [0.4, 0.5) is 18.9 Å². The lowest BCUT2D eigenvalue weighted by Crippen LogP contribution is -2.31. The molecule has 1 aromatic rings. The molecule has 102 valence electrons. The molecule has 0 unspecified atom stereocenters. The lowest BCUT2D eigenvalue weighted by molar-refractivity contribution is -0.138. The van der Waals surface area contributed by atoms with Gasteiger partial charge in [-0.15, -0.1) is 0 Å². The first-order valence-electron chi connectivity index (χ1n) is 5.44. The molecule has 0 atom stereocenters. The molecule has 1 aliphatic heterocycles. The number of carbonyl (C=O) groups excluding carboxylic acids is 2. The predicted octanol–water partition coefficient (Wildman–Crippen LogP) is 2.31. The standard InChI is InChI=1S/C13H7F3N2O2/c1-7-9(18-10(19)4-5-11(18)20)3-2-8(6-17)12(7)13(14,15)16/h2-5H,1H3. The first kappa shape index (κ1) is 13.8. The van der Waals surface area contributed by atoms with Gasteiger partial charge in [0.05, 0.1) is 22.9 Å². The van der Waals surface area contributed by atoms with Gasteiger partial charge in [-0.05, 0) is 24.6 Å². The number of hydrogen-bond donors (Lipinski definition) is 0. The molecule has 7 heteroatoms. The van der Waals surface area contributed by atoms with Crippen molar-refractivity contribution in [2.75, 3.05) is 4.90 Å². The van der Waals surface area contributed by atoms with Crippen molar-refractivity contribution < 1.29 is 22.8 Å². The largest absolute Gasteiger partial charge is 0.418 e. The molecule has 0 N–H and O–H groups in total. The lowest BCUT2D eigenvalue weighted by atomic mass is 9.99. The molecule has 1 heterocycles. The summed E-state index contributed by atoms with van der Waals surface area (Å²) in [5.74, 6) is -1.42. The molecule has 0 bridgehead atoms. The maximum atomic E-state index is 13.0. The number of alkyl halides is 3. The minimum absolute atomic E-state index is 0.170. The van der Waals surface area contributed by atoms with E-state index in [0.717, 1.165) is 31.2 Å². The molecule has 0 saturated carbocycles. The van der Waals surface area contributed by atoms with Gasteiger partial charge in [0.1, 0.15) is 0 Å². The van der Waals surface area contributed by atoms with E-state index >= 15 is 0 Å². The Morgan fingerprint density at radius 3 is 2.15 bits per heavy atom. The van der Waals surface area contributed by atoms with E-state index in [0.29, 0.717) is 4.90 Å². The van der Waals surface area contributed by atoms with Gasteiger partial charge in [-0.25, -0.2) is 4.90 Å². The molecule has 0 aromatic heterocycles. The molecule has 0 spiro atoms. The summed E-state index contributed by atoms with van der Waals surface area (Å²) in [6.07, 6.45) is -2.79. The highest BCUT2D eigenvalue weighted by molar-refractivity contribution is 6.28. The SMILES string of the molecule is Cc1c(N2C(=O)C=CC2=O)ccc(C#N)c1C(F)(F)F. The Bertz CT molecular complexity index is 666. The highest BCUT2D eigenvalue weighted by Gasteiger charge is 2.38. The number of anilines is 1. The van der Waals surface area contributed by atoms with Crippen molar-refractivity contribution in [1.82, 2.24) is 0 Å². The van der Waals surface area contributed by atoms with E-state index in [1.54, 1.807) is 0 Å². The van der Waals surface area contributed by atoms with Crippen LogP contribution in [0, 0.1) is 18.3 Å². The number of carbonyl (C=O) groups is 2.